The van der Waals surface area contributed by atoms with Gasteiger partial charge in [0.05, 0.1) is 23.5 Å². The predicted molar refractivity (Wildman–Crippen MR) is 161 cm³/mol. The van der Waals surface area contributed by atoms with Gasteiger partial charge in [0.2, 0.25) is 0 Å². The lowest BCUT2D eigenvalue weighted by Gasteiger charge is -2.38. The van der Waals surface area contributed by atoms with Gasteiger partial charge in [0.25, 0.3) is 0 Å². The summed E-state index contributed by atoms with van der Waals surface area (Å²) in [6.07, 6.45) is 3.38. The first kappa shape index (κ1) is 32.6. The standard InChI is InChI=1S/C27H30F2N7O7PS/c1-3-22(21-11-30-4-5-36(21)43-44(38,39)40)42-24-10-19-18(9-23(24)41-2)26(33-14-32-19)35-27-31-12-25(45-27)20(13-37)34-17-7-15(28)6-16(29)8-17/h6-10,12-14,20-22,30,34H,3-5,11H2,1-2H3,(H2,38,39,40)(H,31,32,33,35). The molecular weight excluding hydrogens is 635 g/mol. The second-order valence-electron chi connectivity index (χ2n) is 9.90. The Kier molecular flexibility index (Phi) is 10.2. The average Bonchev–Trinajstić information content (AvgIpc) is 3.46. The van der Waals surface area contributed by atoms with Crippen LogP contribution in [0.15, 0.2) is 42.9 Å². The summed E-state index contributed by atoms with van der Waals surface area (Å²) in [5, 5.41) is 11.3. The van der Waals surface area contributed by atoms with E-state index in [0.29, 0.717) is 64.0 Å². The third-order valence-electron chi connectivity index (χ3n) is 6.85. The van der Waals surface area contributed by atoms with E-state index in [4.69, 9.17) is 14.1 Å². The van der Waals surface area contributed by atoms with E-state index >= 15 is 0 Å². The summed E-state index contributed by atoms with van der Waals surface area (Å²) < 4.78 is 55.7. The molecule has 0 bridgehead atoms. The Morgan fingerprint density at radius 3 is 2.64 bits per heavy atom. The molecule has 240 valence electrons. The summed E-state index contributed by atoms with van der Waals surface area (Å²) in [6.45, 7) is 2.99. The van der Waals surface area contributed by atoms with E-state index in [2.05, 4.69) is 30.9 Å². The maximum atomic E-state index is 13.6. The van der Waals surface area contributed by atoms with E-state index in [1.54, 1.807) is 12.1 Å². The van der Waals surface area contributed by atoms with Gasteiger partial charge in [-0.2, -0.15) is 9.69 Å². The molecule has 1 saturated heterocycles. The molecule has 5 N–H and O–H groups in total. The van der Waals surface area contributed by atoms with E-state index in [0.717, 1.165) is 29.5 Å². The average molecular weight is 666 g/mol. The number of hydrogen-bond donors (Lipinski definition) is 5. The summed E-state index contributed by atoms with van der Waals surface area (Å²) in [5.41, 5.74) is 0.604. The maximum Gasteiger partial charge on any atom is 0.486 e. The van der Waals surface area contributed by atoms with Crippen molar-refractivity contribution in [1.82, 2.24) is 25.3 Å². The number of rotatable bonds is 13. The van der Waals surface area contributed by atoms with Crippen LogP contribution < -0.4 is 25.4 Å². The van der Waals surface area contributed by atoms with Crippen LogP contribution in [-0.2, 0) is 14.0 Å². The predicted octanol–water partition coefficient (Wildman–Crippen LogP) is 3.92. The number of carbonyl (C=O) groups excluding carboxylic acids is 1. The van der Waals surface area contributed by atoms with Gasteiger partial charge < -0.3 is 40.0 Å². The molecule has 3 unspecified atom stereocenters. The molecule has 14 nitrogen and oxygen atoms in total. The number of hydroxylamine groups is 2. The molecule has 2 aromatic carbocycles. The van der Waals surface area contributed by atoms with Crippen molar-refractivity contribution in [3.8, 4) is 11.5 Å². The molecule has 45 heavy (non-hydrogen) atoms. The van der Waals surface area contributed by atoms with Gasteiger partial charge in [-0.1, -0.05) is 18.3 Å². The zero-order chi connectivity index (χ0) is 32.1. The number of nitrogens with zero attached hydrogens (tertiary/aromatic N) is 4. The van der Waals surface area contributed by atoms with Crippen molar-refractivity contribution in [3.63, 3.8) is 0 Å². The van der Waals surface area contributed by atoms with Gasteiger partial charge >= 0.3 is 7.82 Å². The van der Waals surface area contributed by atoms with Crippen molar-refractivity contribution in [2.45, 2.75) is 31.5 Å². The zero-order valence-corrected chi connectivity index (χ0v) is 25.7. The number of methoxy groups -OCH3 is 1. The minimum Gasteiger partial charge on any atom is -0.493 e. The van der Waals surface area contributed by atoms with Crippen LogP contribution in [0.2, 0.25) is 0 Å². The number of fused-ring (bicyclic) bond motifs is 1. The van der Waals surface area contributed by atoms with Crippen LogP contribution in [0.25, 0.3) is 10.9 Å². The van der Waals surface area contributed by atoms with Crippen LogP contribution >= 0.6 is 19.2 Å². The summed E-state index contributed by atoms with van der Waals surface area (Å²) in [6, 6.07) is 4.84. The number of benzene rings is 2. The summed E-state index contributed by atoms with van der Waals surface area (Å²) in [4.78, 5) is 44.1. The van der Waals surface area contributed by atoms with E-state index in [1.807, 2.05) is 6.92 Å². The largest absolute Gasteiger partial charge is 0.493 e. The molecule has 0 spiro atoms. The number of halogens is 2. The Hall–Kier alpha value is -3.83. The zero-order valence-electron chi connectivity index (χ0n) is 24.0. The highest BCUT2D eigenvalue weighted by atomic mass is 32.1. The van der Waals surface area contributed by atoms with Crippen LogP contribution in [0.3, 0.4) is 0 Å². The monoisotopic (exact) mass is 665 g/mol. The normalized spacial score (nSPS) is 17.1. The fourth-order valence-corrected chi connectivity index (χ4v) is 6.15. The number of nitrogens with one attached hydrogen (secondary N) is 3. The second-order valence-corrected chi connectivity index (χ2v) is 12.1. The highest BCUT2D eigenvalue weighted by Crippen LogP contribution is 2.40. The molecule has 0 radical (unpaired) electrons. The SMILES string of the molecule is CCC(Oc1cc2ncnc(Nc3ncc(C(C=O)Nc4cc(F)cc(F)c4)s3)c2cc1OC)C1CNCCN1OP(=O)(O)O. The smallest absolute Gasteiger partial charge is 0.486 e. The molecule has 1 aliphatic heterocycles. The summed E-state index contributed by atoms with van der Waals surface area (Å²) in [7, 11) is -3.30. The number of anilines is 3. The fraction of sp³-hybridized carbons (Fsp3) is 0.333. The summed E-state index contributed by atoms with van der Waals surface area (Å²) >= 11 is 1.14. The van der Waals surface area contributed by atoms with Gasteiger partial charge in [0.15, 0.2) is 16.6 Å². The maximum absolute atomic E-state index is 13.6. The molecule has 0 amide bonds. The third-order valence-corrected chi connectivity index (χ3v) is 8.27. The summed E-state index contributed by atoms with van der Waals surface area (Å²) in [5.74, 6) is -0.454. The molecule has 4 aromatic rings. The van der Waals surface area contributed by atoms with E-state index in [9.17, 15) is 27.9 Å². The van der Waals surface area contributed by atoms with Gasteiger partial charge in [0.1, 0.15) is 42.2 Å². The lowest BCUT2D eigenvalue weighted by molar-refractivity contribution is -0.147. The quantitative estimate of drug-likeness (QED) is 0.102. The van der Waals surface area contributed by atoms with Gasteiger partial charge in [-0.05, 0) is 24.6 Å². The minimum absolute atomic E-state index is 0.103. The van der Waals surface area contributed by atoms with E-state index in [1.165, 1.54) is 24.7 Å². The molecule has 0 aliphatic carbocycles. The van der Waals surface area contributed by atoms with Crippen molar-refractivity contribution in [2.75, 3.05) is 37.4 Å². The highest BCUT2D eigenvalue weighted by molar-refractivity contribution is 7.46. The van der Waals surface area contributed by atoms with Crippen molar-refractivity contribution in [2.24, 2.45) is 0 Å². The Morgan fingerprint density at radius 1 is 1.18 bits per heavy atom. The lowest BCUT2D eigenvalue weighted by Crippen LogP contribution is -2.57. The van der Waals surface area contributed by atoms with Crippen molar-refractivity contribution < 1.29 is 42.0 Å². The van der Waals surface area contributed by atoms with Crippen molar-refractivity contribution in [1.29, 1.82) is 0 Å². The van der Waals surface area contributed by atoms with E-state index in [-0.39, 0.29) is 12.2 Å². The number of thiazole rings is 1. The van der Waals surface area contributed by atoms with Crippen LogP contribution in [0.1, 0.15) is 24.3 Å². The first-order valence-corrected chi connectivity index (χ1v) is 16.0. The molecule has 0 saturated carbocycles. The number of hydrogen-bond acceptors (Lipinski definition) is 13. The van der Waals surface area contributed by atoms with Crippen molar-refractivity contribution in [3.05, 3.63) is 59.4 Å². The van der Waals surface area contributed by atoms with Gasteiger partial charge in [-0.25, -0.2) is 28.3 Å². The second kappa shape index (κ2) is 14.1. The molecule has 2 aromatic heterocycles. The number of aldehydes is 1. The first-order chi connectivity index (χ1) is 21.6. The number of phosphoric acid groups is 1. The van der Waals surface area contributed by atoms with Crippen LogP contribution in [0.5, 0.6) is 11.5 Å². The van der Waals surface area contributed by atoms with Crippen molar-refractivity contribution >= 4 is 53.0 Å². The molecule has 3 heterocycles. The third kappa shape index (κ3) is 8.07. The van der Waals surface area contributed by atoms with Gasteiger partial charge in [-0.15, -0.1) is 0 Å². The lowest BCUT2D eigenvalue weighted by atomic mass is 10.1. The van der Waals surface area contributed by atoms with Crippen LogP contribution in [0.4, 0.5) is 25.4 Å². The number of carbonyl (C=O) groups is 1. The number of aromatic nitrogens is 3. The molecule has 5 rings (SSSR count). The Balaban J connectivity index is 1.37. The van der Waals surface area contributed by atoms with Crippen LogP contribution in [-0.4, -0.2) is 75.0 Å². The Bertz CT molecular complexity index is 1690. The topological polar surface area (TPSA) is 180 Å². The molecular formula is C27H30F2N7O7PS. The first-order valence-electron chi connectivity index (χ1n) is 13.7. The molecule has 1 fully saturated rings. The van der Waals surface area contributed by atoms with Crippen LogP contribution in [0, 0.1) is 11.6 Å². The number of piperazine rings is 1. The molecule has 3 atom stereocenters. The van der Waals surface area contributed by atoms with Gasteiger partial charge in [-0.3, -0.25) is 0 Å². The molecule has 18 heteroatoms. The number of ether oxygens (including phenoxy) is 2. The Labute approximate surface area is 260 Å². The minimum atomic E-state index is -4.77. The fourth-order valence-electron chi connectivity index (χ4n) is 4.85. The molecule has 1 aliphatic rings. The van der Waals surface area contributed by atoms with Gasteiger partial charge in [0, 0.05) is 49.0 Å². The highest BCUT2D eigenvalue weighted by Gasteiger charge is 2.36. The van der Waals surface area contributed by atoms with E-state index < -0.39 is 37.6 Å². The Morgan fingerprint density at radius 2 is 1.96 bits per heavy atom.